The van der Waals surface area contributed by atoms with Crippen LogP contribution in [0.1, 0.15) is 316 Å². The Morgan fingerprint density at radius 2 is 0.536 bits per heavy atom. The second-order valence-corrected chi connectivity index (χ2v) is 20.3. The molecule has 0 aromatic rings. The summed E-state index contributed by atoms with van der Waals surface area (Å²) >= 11 is 0. The minimum atomic E-state index is -0.797. The Hall–Kier alpha value is -2.63. The Labute approximate surface area is 428 Å². The van der Waals surface area contributed by atoms with Crippen LogP contribution in [0.4, 0.5) is 0 Å². The molecule has 0 bridgehead atoms. The van der Waals surface area contributed by atoms with Gasteiger partial charge in [-0.15, -0.1) is 0 Å². The maximum absolute atomic E-state index is 12.8. The number of unbranched alkanes of at least 4 members (excludes halogenated alkanes) is 36. The Kier molecular flexibility index (Phi) is 55.7. The molecule has 0 aliphatic rings. The van der Waals surface area contributed by atoms with E-state index in [0.717, 1.165) is 57.8 Å². The maximum Gasteiger partial charge on any atom is 0.306 e. The molecule has 0 saturated heterocycles. The van der Waals surface area contributed by atoms with Crippen LogP contribution in [0.15, 0.2) is 48.6 Å². The van der Waals surface area contributed by atoms with Gasteiger partial charge in [-0.3, -0.25) is 14.4 Å². The van der Waals surface area contributed by atoms with Gasteiger partial charge in [0.15, 0.2) is 6.10 Å². The standard InChI is InChI=1S/C63H114O6/c1-4-7-10-13-16-19-22-25-27-29-30-31-32-34-35-38-41-44-47-50-53-56-62(65)68-59-60(58-67-61(64)55-52-49-46-43-40-37-24-21-18-15-12-9-6-3)69-63(66)57-54-51-48-45-42-39-36-33-28-26-23-20-17-14-11-8-5-2/h25-28,36,39,45,48,60H,4-24,29-35,37-38,40-44,46-47,49-59H2,1-3H3/b27-25-,28-26-,39-36-,48-45-/t60-/m0/s1. The van der Waals surface area contributed by atoms with E-state index in [1.165, 1.54) is 212 Å². The molecule has 0 unspecified atom stereocenters. The van der Waals surface area contributed by atoms with Gasteiger partial charge in [0.1, 0.15) is 13.2 Å². The fourth-order valence-electron chi connectivity index (χ4n) is 8.75. The topological polar surface area (TPSA) is 78.9 Å². The summed E-state index contributed by atoms with van der Waals surface area (Å²) in [4.78, 5) is 38.2. The van der Waals surface area contributed by atoms with Crippen molar-refractivity contribution in [3.8, 4) is 0 Å². The zero-order valence-electron chi connectivity index (χ0n) is 46.1. The monoisotopic (exact) mass is 967 g/mol. The Morgan fingerprint density at radius 1 is 0.290 bits per heavy atom. The first-order valence-electron chi connectivity index (χ1n) is 30.1. The van der Waals surface area contributed by atoms with E-state index in [9.17, 15) is 14.4 Å². The van der Waals surface area contributed by atoms with Gasteiger partial charge in [0.25, 0.3) is 0 Å². The van der Waals surface area contributed by atoms with E-state index >= 15 is 0 Å². The van der Waals surface area contributed by atoms with Gasteiger partial charge in [-0.25, -0.2) is 0 Å². The molecule has 0 fully saturated rings. The van der Waals surface area contributed by atoms with Gasteiger partial charge < -0.3 is 14.2 Å². The van der Waals surface area contributed by atoms with E-state index in [1.807, 2.05) is 0 Å². The first-order valence-corrected chi connectivity index (χ1v) is 30.1. The van der Waals surface area contributed by atoms with Crippen LogP contribution in [-0.4, -0.2) is 37.2 Å². The van der Waals surface area contributed by atoms with Crippen LogP contribution in [0, 0.1) is 0 Å². The van der Waals surface area contributed by atoms with Crippen LogP contribution in [0.2, 0.25) is 0 Å². The van der Waals surface area contributed by atoms with E-state index in [1.54, 1.807) is 0 Å². The Bertz CT molecular complexity index is 1200. The minimum absolute atomic E-state index is 0.0898. The van der Waals surface area contributed by atoms with Gasteiger partial charge in [-0.05, 0) is 77.0 Å². The first-order chi connectivity index (χ1) is 34.0. The molecule has 1 atom stereocenters. The molecule has 402 valence electrons. The Morgan fingerprint density at radius 3 is 0.870 bits per heavy atom. The van der Waals surface area contributed by atoms with E-state index < -0.39 is 6.10 Å². The molecule has 0 aromatic carbocycles. The van der Waals surface area contributed by atoms with Crippen molar-refractivity contribution in [2.75, 3.05) is 13.2 Å². The molecule has 6 nitrogen and oxygen atoms in total. The molecule has 0 amide bonds. The van der Waals surface area contributed by atoms with Crippen molar-refractivity contribution in [3.05, 3.63) is 48.6 Å². The second-order valence-electron chi connectivity index (χ2n) is 20.3. The molecule has 0 aliphatic carbocycles. The number of hydrogen-bond acceptors (Lipinski definition) is 6. The average molecular weight is 968 g/mol. The van der Waals surface area contributed by atoms with Crippen LogP contribution in [0.25, 0.3) is 0 Å². The molecule has 69 heavy (non-hydrogen) atoms. The quantitative estimate of drug-likeness (QED) is 0.0262. The zero-order chi connectivity index (χ0) is 50.0. The van der Waals surface area contributed by atoms with Gasteiger partial charge in [-0.2, -0.15) is 0 Å². The summed E-state index contributed by atoms with van der Waals surface area (Å²) in [5, 5.41) is 0. The zero-order valence-corrected chi connectivity index (χ0v) is 46.1. The number of ether oxygens (including phenoxy) is 3. The molecule has 0 spiro atoms. The van der Waals surface area contributed by atoms with Crippen LogP contribution in [0.5, 0.6) is 0 Å². The highest BCUT2D eigenvalue weighted by atomic mass is 16.6. The normalized spacial score (nSPS) is 12.3. The van der Waals surface area contributed by atoms with E-state index in [-0.39, 0.29) is 37.5 Å². The number of carbonyl (C=O) groups excluding carboxylic acids is 3. The third kappa shape index (κ3) is 56.2. The number of carbonyl (C=O) groups is 3. The summed E-state index contributed by atoms with van der Waals surface area (Å²) in [6.45, 7) is 6.62. The molecular formula is C63H114O6. The lowest BCUT2D eigenvalue weighted by atomic mass is 10.0. The van der Waals surface area contributed by atoms with E-state index in [0.29, 0.717) is 19.3 Å². The molecule has 0 heterocycles. The van der Waals surface area contributed by atoms with Gasteiger partial charge >= 0.3 is 17.9 Å². The van der Waals surface area contributed by atoms with Crippen molar-refractivity contribution in [1.82, 2.24) is 0 Å². The van der Waals surface area contributed by atoms with E-state index in [2.05, 4.69) is 69.4 Å². The molecule has 0 aromatic heterocycles. The largest absolute Gasteiger partial charge is 0.462 e. The van der Waals surface area contributed by atoms with Gasteiger partial charge in [0.2, 0.25) is 0 Å². The highest BCUT2D eigenvalue weighted by molar-refractivity contribution is 5.71. The average Bonchev–Trinajstić information content (AvgIpc) is 3.35. The molecule has 0 N–H and O–H groups in total. The summed E-state index contributed by atoms with van der Waals surface area (Å²) in [6.07, 6.45) is 71.1. The maximum atomic E-state index is 12.8. The Balaban J connectivity index is 4.37. The number of hydrogen-bond donors (Lipinski definition) is 0. The fraction of sp³-hybridized carbons (Fsp3) is 0.825. The molecule has 0 aliphatic heterocycles. The molecule has 0 rings (SSSR count). The third-order valence-corrected chi connectivity index (χ3v) is 13.3. The molecule has 0 saturated carbocycles. The second kappa shape index (κ2) is 57.9. The third-order valence-electron chi connectivity index (χ3n) is 13.3. The van der Waals surface area contributed by atoms with Crippen molar-refractivity contribution in [2.45, 2.75) is 322 Å². The number of esters is 3. The highest BCUT2D eigenvalue weighted by Gasteiger charge is 2.19. The highest BCUT2D eigenvalue weighted by Crippen LogP contribution is 2.16. The summed E-state index contributed by atoms with van der Waals surface area (Å²) in [7, 11) is 0. The number of allylic oxidation sites excluding steroid dienone is 8. The molecular weight excluding hydrogens is 853 g/mol. The van der Waals surface area contributed by atoms with Crippen molar-refractivity contribution in [2.24, 2.45) is 0 Å². The van der Waals surface area contributed by atoms with Gasteiger partial charge in [0.05, 0.1) is 0 Å². The lowest BCUT2D eigenvalue weighted by Gasteiger charge is -2.18. The molecule has 0 radical (unpaired) electrons. The van der Waals surface area contributed by atoms with Crippen molar-refractivity contribution >= 4 is 17.9 Å². The first kappa shape index (κ1) is 66.4. The summed E-state index contributed by atoms with van der Waals surface area (Å²) in [6, 6.07) is 0. The molecule has 6 heteroatoms. The van der Waals surface area contributed by atoms with Crippen LogP contribution in [0.3, 0.4) is 0 Å². The van der Waals surface area contributed by atoms with E-state index in [4.69, 9.17) is 14.2 Å². The SMILES string of the molecule is CCCCCCCC/C=C\C/C=C\C/C=C\CCCC(=O)O[C@H](COC(=O)CCCCCCCCCCCCC/C=C\CCCCCCCC)COC(=O)CCCCCCCCCCCCCCC. The minimum Gasteiger partial charge on any atom is -0.462 e. The lowest BCUT2D eigenvalue weighted by molar-refractivity contribution is -0.167. The summed E-state index contributed by atoms with van der Waals surface area (Å²) in [5.74, 6) is -0.927. The van der Waals surface area contributed by atoms with Crippen molar-refractivity contribution < 1.29 is 28.6 Å². The predicted molar refractivity (Wildman–Crippen MR) is 298 cm³/mol. The lowest BCUT2D eigenvalue weighted by Crippen LogP contribution is -2.30. The smallest absolute Gasteiger partial charge is 0.306 e. The van der Waals surface area contributed by atoms with Crippen molar-refractivity contribution in [1.29, 1.82) is 0 Å². The van der Waals surface area contributed by atoms with Crippen LogP contribution >= 0.6 is 0 Å². The van der Waals surface area contributed by atoms with Crippen molar-refractivity contribution in [3.63, 3.8) is 0 Å². The fourth-order valence-corrected chi connectivity index (χ4v) is 8.75. The summed E-state index contributed by atoms with van der Waals surface area (Å²) in [5.41, 5.74) is 0. The predicted octanol–water partition coefficient (Wildman–Crippen LogP) is 20.2. The van der Waals surface area contributed by atoms with Crippen LogP contribution in [-0.2, 0) is 28.6 Å². The van der Waals surface area contributed by atoms with Gasteiger partial charge in [-0.1, -0.05) is 268 Å². The number of rotatable bonds is 55. The summed E-state index contributed by atoms with van der Waals surface area (Å²) < 4.78 is 16.8. The van der Waals surface area contributed by atoms with Crippen LogP contribution < -0.4 is 0 Å². The van der Waals surface area contributed by atoms with Gasteiger partial charge in [0, 0.05) is 19.3 Å².